The number of halogens is 1. The number of nitrogens with zero attached hydrogens (tertiary/aromatic N) is 2. The van der Waals surface area contributed by atoms with Crippen LogP contribution in [0.4, 0.5) is 0 Å². The Labute approximate surface area is 133 Å². The van der Waals surface area contributed by atoms with E-state index in [2.05, 4.69) is 12.2 Å². The van der Waals surface area contributed by atoms with Crippen LogP contribution in [0.15, 0.2) is 0 Å². The van der Waals surface area contributed by atoms with Gasteiger partial charge in [0.05, 0.1) is 0 Å². The summed E-state index contributed by atoms with van der Waals surface area (Å²) in [6.07, 6.45) is 4.31. The van der Waals surface area contributed by atoms with Gasteiger partial charge in [0.2, 0.25) is 11.8 Å². The smallest absolute Gasteiger partial charge is 0.245 e. The molecule has 0 aromatic carbocycles. The summed E-state index contributed by atoms with van der Waals surface area (Å²) in [5.74, 6) is 0.302. The van der Waals surface area contributed by atoms with Crippen molar-refractivity contribution >= 4 is 24.2 Å². The Kier molecular flexibility index (Phi) is 7.46. The van der Waals surface area contributed by atoms with E-state index in [4.69, 9.17) is 0 Å². The molecule has 1 N–H and O–H groups in total. The average Bonchev–Trinajstić information content (AvgIpc) is 2.47. The number of amides is 2. The van der Waals surface area contributed by atoms with Gasteiger partial charge >= 0.3 is 0 Å². The van der Waals surface area contributed by atoms with Crippen molar-refractivity contribution in [2.45, 2.75) is 58.0 Å². The second-order valence-electron chi connectivity index (χ2n) is 5.99. The van der Waals surface area contributed by atoms with Gasteiger partial charge in [0, 0.05) is 38.6 Å². The number of hydrogen-bond donors (Lipinski definition) is 1. The molecule has 2 heterocycles. The second kappa shape index (κ2) is 8.59. The lowest BCUT2D eigenvalue weighted by atomic mass is 9.99. The first-order valence-corrected chi connectivity index (χ1v) is 7.95. The van der Waals surface area contributed by atoms with Crippen molar-refractivity contribution in [3.8, 4) is 0 Å². The minimum Gasteiger partial charge on any atom is -0.338 e. The van der Waals surface area contributed by atoms with E-state index < -0.39 is 0 Å². The summed E-state index contributed by atoms with van der Waals surface area (Å²) in [6, 6.07) is 0.129. The maximum absolute atomic E-state index is 12.7. The highest BCUT2D eigenvalue weighted by molar-refractivity contribution is 5.88. The van der Waals surface area contributed by atoms with Crippen LogP contribution in [0.25, 0.3) is 0 Å². The van der Waals surface area contributed by atoms with Gasteiger partial charge in [0.25, 0.3) is 0 Å². The van der Waals surface area contributed by atoms with Crippen molar-refractivity contribution in [1.29, 1.82) is 0 Å². The highest BCUT2D eigenvalue weighted by Crippen LogP contribution is 2.21. The minimum atomic E-state index is -0.215. The molecule has 2 saturated heterocycles. The van der Waals surface area contributed by atoms with Crippen molar-refractivity contribution in [3.63, 3.8) is 0 Å². The third-order valence-corrected chi connectivity index (χ3v) is 4.25. The molecule has 0 saturated carbocycles. The lowest BCUT2D eigenvalue weighted by Crippen LogP contribution is -2.58. The largest absolute Gasteiger partial charge is 0.338 e. The maximum Gasteiger partial charge on any atom is 0.245 e. The lowest BCUT2D eigenvalue weighted by molar-refractivity contribution is -0.148. The van der Waals surface area contributed by atoms with Crippen LogP contribution in [0.1, 0.15) is 46.0 Å². The molecule has 2 unspecified atom stereocenters. The molecule has 0 aliphatic carbocycles. The Balaban J connectivity index is 0.00000220. The van der Waals surface area contributed by atoms with E-state index in [1.165, 1.54) is 0 Å². The molecule has 2 atom stereocenters. The summed E-state index contributed by atoms with van der Waals surface area (Å²) >= 11 is 0. The van der Waals surface area contributed by atoms with Crippen molar-refractivity contribution in [2.24, 2.45) is 0 Å². The standard InChI is InChI=1S/C15H27N3O2.ClH/c1-3-6-14(19)18-9-5-4-7-13(18)15(20)17-10-8-16-12(2)11-17;/h12-13,16H,3-11H2,1-2H3;1H. The molecule has 2 aliphatic rings. The second-order valence-corrected chi connectivity index (χ2v) is 5.99. The molecule has 2 fully saturated rings. The zero-order valence-electron chi connectivity index (χ0n) is 13.1. The molecular formula is C15H28ClN3O2. The first-order chi connectivity index (χ1) is 9.63. The van der Waals surface area contributed by atoms with E-state index in [0.29, 0.717) is 12.5 Å². The van der Waals surface area contributed by atoms with Gasteiger partial charge in [-0.3, -0.25) is 9.59 Å². The third-order valence-electron chi connectivity index (χ3n) is 4.25. The van der Waals surface area contributed by atoms with Crippen LogP contribution in [0.2, 0.25) is 0 Å². The molecule has 122 valence electrons. The van der Waals surface area contributed by atoms with E-state index in [-0.39, 0.29) is 30.3 Å². The van der Waals surface area contributed by atoms with Crippen LogP contribution in [0.5, 0.6) is 0 Å². The number of carbonyl (C=O) groups is 2. The van der Waals surface area contributed by atoms with E-state index in [9.17, 15) is 9.59 Å². The van der Waals surface area contributed by atoms with Crippen LogP contribution in [-0.4, -0.2) is 59.9 Å². The molecule has 0 spiro atoms. The summed E-state index contributed by atoms with van der Waals surface area (Å²) in [6.45, 7) is 7.22. The van der Waals surface area contributed by atoms with E-state index >= 15 is 0 Å². The Bertz CT molecular complexity index is 365. The van der Waals surface area contributed by atoms with Crippen molar-refractivity contribution in [2.75, 3.05) is 26.2 Å². The Morgan fingerprint density at radius 1 is 1.24 bits per heavy atom. The molecule has 0 aromatic heterocycles. The van der Waals surface area contributed by atoms with Gasteiger partial charge in [-0.05, 0) is 32.6 Å². The number of piperidine rings is 1. The summed E-state index contributed by atoms with van der Waals surface area (Å²) in [7, 11) is 0. The molecule has 5 nitrogen and oxygen atoms in total. The van der Waals surface area contributed by atoms with Gasteiger partial charge in [-0.15, -0.1) is 12.4 Å². The average molecular weight is 318 g/mol. The fourth-order valence-electron chi connectivity index (χ4n) is 3.19. The predicted octanol–water partition coefficient (Wildman–Crippen LogP) is 1.41. The molecule has 2 aliphatic heterocycles. The van der Waals surface area contributed by atoms with E-state index in [0.717, 1.165) is 51.9 Å². The summed E-state index contributed by atoms with van der Waals surface area (Å²) in [5, 5.41) is 3.35. The van der Waals surface area contributed by atoms with Gasteiger partial charge < -0.3 is 15.1 Å². The van der Waals surface area contributed by atoms with E-state index in [1.54, 1.807) is 0 Å². The number of nitrogens with one attached hydrogen (secondary N) is 1. The molecule has 0 radical (unpaired) electrons. The fraction of sp³-hybridized carbons (Fsp3) is 0.867. The van der Waals surface area contributed by atoms with Crippen molar-refractivity contribution in [1.82, 2.24) is 15.1 Å². The van der Waals surface area contributed by atoms with Gasteiger partial charge in [-0.1, -0.05) is 6.92 Å². The molecule has 0 aromatic rings. The summed E-state index contributed by atoms with van der Waals surface area (Å²) in [5.41, 5.74) is 0. The first kappa shape index (κ1) is 18.2. The number of piperazine rings is 1. The molecule has 6 heteroatoms. The predicted molar refractivity (Wildman–Crippen MR) is 85.6 cm³/mol. The Morgan fingerprint density at radius 2 is 2.00 bits per heavy atom. The first-order valence-electron chi connectivity index (χ1n) is 7.95. The van der Waals surface area contributed by atoms with Crippen molar-refractivity contribution < 1.29 is 9.59 Å². The monoisotopic (exact) mass is 317 g/mol. The van der Waals surface area contributed by atoms with Crippen LogP contribution < -0.4 is 5.32 Å². The number of likely N-dealkylation sites (tertiary alicyclic amines) is 1. The van der Waals surface area contributed by atoms with Gasteiger partial charge in [0.15, 0.2) is 0 Å². The molecule has 21 heavy (non-hydrogen) atoms. The van der Waals surface area contributed by atoms with Crippen LogP contribution >= 0.6 is 12.4 Å². The Morgan fingerprint density at radius 3 is 2.67 bits per heavy atom. The molecule has 2 rings (SSSR count). The zero-order valence-corrected chi connectivity index (χ0v) is 14.0. The van der Waals surface area contributed by atoms with Gasteiger partial charge in [0.1, 0.15) is 6.04 Å². The van der Waals surface area contributed by atoms with Crippen LogP contribution in [0, 0.1) is 0 Å². The highest BCUT2D eigenvalue weighted by atomic mass is 35.5. The summed E-state index contributed by atoms with van der Waals surface area (Å²) in [4.78, 5) is 28.7. The van der Waals surface area contributed by atoms with Gasteiger partial charge in [-0.25, -0.2) is 0 Å². The molecule has 2 amide bonds. The topological polar surface area (TPSA) is 52.7 Å². The maximum atomic E-state index is 12.7. The van der Waals surface area contributed by atoms with Gasteiger partial charge in [-0.2, -0.15) is 0 Å². The third kappa shape index (κ3) is 4.58. The van der Waals surface area contributed by atoms with Crippen LogP contribution in [-0.2, 0) is 9.59 Å². The zero-order chi connectivity index (χ0) is 14.5. The normalized spacial score (nSPS) is 26.2. The molecular weight excluding hydrogens is 290 g/mol. The number of rotatable bonds is 3. The minimum absolute atomic E-state index is 0. The van der Waals surface area contributed by atoms with E-state index in [1.807, 2.05) is 16.7 Å². The summed E-state index contributed by atoms with van der Waals surface area (Å²) < 4.78 is 0. The SMILES string of the molecule is CCCC(=O)N1CCCCC1C(=O)N1CCNC(C)C1.Cl. The van der Waals surface area contributed by atoms with Crippen molar-refractivity contribution in [3.05, 3.63) is 0 Å². The quantitative estimate of drug-likeness (QED) is 0.856. The van der Waals surface area contributed by atoms with Crippen LogP contribution in [0.3, 0.4) is 0 Å². The number of hydrogen-bond acceptors (Lipinski definition) is 3. The lowest BCUT2D eigenvalue weighted by Gasteiger charge is -2.40. The fourth-order valence-corrected chi connectivity index (χ4v) is 3.19. The Hall–Kier alpha value is -0.810. The number of carbonyl (C=O) groups excluding carboxylic acids is 2. The highest BCUT2D eigenvalue weighted by Gasteiger charge is 2.35. The molecule has 0 bridgehead atoms.